The number of aryl methyl sites for hydroxylation is 1. The van der Waals surface area contributed by atoms with Crippen molar-refractivity contribution in [2.24, 2.45) is 0 Å². The van der Waals surface area contributed by atoms with Gasteiger partial charge in [-0.2, -0.15) is 0 Å². The molecule has 1 amide bonds. The highest BCUT2D eigenvalue weighted by Crippen LogP contribution is 2.31. The number of carbonyl (C=O) groups is 1. The van der Waals surface area contributed by atoms with Gasteiger partial charge in [-0.15, -0.1) is 0 Å². The molecule has 0 atom stereocenters. The van der Waals surface area contributed by atoms with Crippen LogP contribution in [0.25, 0.3) is 0 Å². The molecule has 0 saturated carbocycles. The summed E-state index contributed by atoms with van der Waals surface area (Å²) in [4.78, 5) is 16.5. The van der Waals surface area contributed by atoms with Gasteiger partial charge in [0.25, 0.3) is 0 Å². The smallest absolute Gasteiger partial charge is 0.240 e. The lowest BCUT2D eigenvalue weighted by molar-refractivity contribution is -0.116. The minimum atomic E-state index is -3.81. The molecule has 2 aromatic carbocycles. The zero-order valence-electron chi connectivity index (χ0n) is 18.6. The zero-order chi connectivity index (χ0) is 24.0. The van der Waals surface area contributed by atoms with Crippen molar-refractivity contribution in [1.29, 1.82) is 0 Å². The summed E-state index contributed by atoms with van der Waals surface area (Å²) < 4.78 is 44.3. The van der Waals surface area contributed by atoms with E-state index in [4.69, 9.17) is 14.2 Å². The van der Waals surface area contributed by atoms with Crippen LogP contribution in [0.2, 0.25) is 0 Å². The molecule has 0 spiro atoms. The van der Waals surface area contributed by atoms with Gasteiger partial charge < -0.3 is 19.5 Å². The van der Waals surface area contributed by atoms with Crippen LogP contribution in [0.1, 0.15) is 18.4 Å². The number of anilines is 1. The van der Waals surface area contributed by atoms with Crippen molar-refractivity contribution in [2.75, 3.05) is 25.1 Å². The summed E-state index contributed by atoms with van der Waals surface area (Å²) in [7, 11) is -3.81. The Morgan fingerprint density at radius 1 is 1.03 bits per heavy atom. The number of nitrogens with one attached hydrogen (secondary N) is 2. The number of carbonyl (C=O) groups excluding carboxylic acids is 1. The van der Waals surface area contributed by atoms with Crippen LogP contribution in [0, 0.1) is 6.92 Å². The van der Waals surface area contributed by atoms with Gasteiger partial charge in [-0.1, -0.05) is 17.7 Å². The largest absolute Gasteiger partial charge is 0.490 e. The van der Waals surface area contributed by atoms with Gasteiger partial charge in [0.15, 0.2) is 11.5 Å². The number of aromatic nitrogens is 1. The van der Waals surface area contributed by atoms with E-state index in [-0.39, 0.29) is 23.8 Å². The standard InChI is InChI=1S/C24H25N3O6S/c1-17-3-6-19(7-4-17)33-24-10-5-18(16-25-24)27-23(28)11-12-26-34(29,30)20-8-9-21-22(15-20)32-14-2-13-31-21/h3-10,15-16,26H,2,11-14H2,1H3,(H,27,28). The number of benzene rings is 2. The van der Waals surface area contributed by atoms with Crippen LogP contribution < -0.4 is 24.2 Å². The Bertz CT molecular complexity index is 1240. The van der Waals surface area contributed by atoms with Crippen LogP contribution in [0.4, 0.5) is 5.69 Å². The molecule has 0 bridgehead atoms. The summed E-state index contributed by atoms with van der Waals surface area (Å²) in [6, 6.07) is 15.3. The lowest BCUT2D eigenvalue weighted by Gasteiger charge is -2.11. The number of hydrogen-bond acceptors (Lipinski definition) is 7. The molecule has 0 saturated heterocycles. The first-order valence-corrected chi connectivity index (χ1v) is 12.3. The molecular formula is C24H25N3O6S. The van der Waals surface area contributed by atoms with Gasteiger partial charge in [-0.25, -0.2) is 18.1 Å². The summed E-state index contributed by atoms with van der Waals surface area (Å²) in [5.41, 5.74) is 1.61. The maximum absolute atomic E-state index is 12.6. The molecule has 2 N–H and O–H groups in total. The molecule has 4 rings (SSSR count). The first-order valence-electron chi connectivity index (χ1n) is 10.8. The van der Waals surface area contributed by atoms with Gasteiger partial charge >= 0.3 is 0 Å². The fourth-order valence-electron chi connectivity index (χ4n) is 3.16. The van der Waals surface area contributed by atoms with Crippen molar-refractivity contribution in [3.05, 3.63) is 66.4 Å². The Morgan fingerprint density at radius 2 is 1.79 bits per heavy atom. The van der Waals surface area contributed by atoms with Gasteiger partial charge in [0.1, 0.15) is 5.75 Å². The average molecular weight is 484 g/mol. The zero-order valence-corrected chi connectivity index (χ0v) is 19.4. The topological polar surface area (TPSA) is 116 Å². The third-order valence-corrected chi connectivity index (χ3v) is 6.40. The lowest BCUT2D eigenvalue weighted by atomic mass is 10.2. The van der Waals surface area contributed by atoms with Crippen LogP contribution in [0.15, 0.2) is 65.7 Å². The first kappa shape index (κ1) is 23.5. The molecule has 3 aromatic rings. The van der Waals surface area contributed by atoms with Crippen molar-refractivity contribution < 1.29 is 27.4 Å². The second-order valence-electron chi connectivity index (χ2n) is 7.66. The molecule has 10 heteroatoms. The average Bonchev–Trinajstić information content (AvgIpc) is 3.07. The van der Waals surface area contributed by atoms with Crippen molar-refractivity contribution in [1.82, 2.24) is 9.71 Å². The first-order chi connectivity index (χ1) is 16.4. The Balaban J connectivity index is 1.26. The van der Waals surface area contributed by atoms with E-state index < -0.39 is 10.0 Å². The lowest BCUT2D eigenvalue weighted by Crippen LogP contribution is -2.27. The van der Waals surface area contributed by atoms with Crippen molar-refractivity contribution in [3.63, 3.8) is 0 Å². The monoisotopic (exact) mass is 483 g/mol. The van der Waals surface area contributed by atoms with Crippen LogP contribution in [0.5, 0.6) is 23.1 Å². The molecule has 34 heavy (non-hydrogen) atoms. The number of rotatable bonds is 8. The van der Waals surface area contributed by atoms with E-state index in [1.807, 2.05) is 31.2 Å². The molecule has 178 valence electrons. The Morgan fingerprint density at radius 3 is 2.53 bits per heavy atom. The summed E-state index contributed by atoms with van der Waals surface area (Å²) in [6.45, 7) is 2.90. The highest BCUT2D eigenvalue weighted by molar-refractivity contribution is 7.89. The number of amides is 1. The molecule has 0 fully saturated rings. The predicted molar refractivity (Wildman–Crippen MR) is 126 cm³/mol. The third kappa shape index (κ3) is 6.24. The molecule has 2 heterocycles. The third-order valence-electron chi connectivity index (χ3n) is 4.94. The Kier molecular flexibility index (Phi) is 7.29. The molecule has 1 aromatic heterocycles. The fourth-order valence-corrected chi connectivity index (χ4v) is 4.21. The van der Waals surface area contributed by atoms with Gasteiger partial charge in [0, 0.05) is 31.5 Å². The van der Waals surface area contributed by atoms with E-state index in [1.165, 1.54) is 18.3 Å². The Hall–Kier alpha value is -3.63. The van der Waals surface area contributed by atoms with E-state index in [0.29, 0.717) is 42.0 Å². The van der Waals surface area contributed by atoms with Gasteiger partial charge in [-0.3, -0.25) is 4.79 Å². The Labute approximate surface area is 198 Å². The van der Waals surface area contributed by atoms with Crippen LogP contribution in [0.3, 0.4) is 0 Å². The molecule has 0 radical (unpaired) electrons. The van der Waals surface area contributed by atoms with Crippen molar-refractivity contribution >= 4 is 21.6 Å². The summed E-state index contributed by atoms with van der Waals surface area (Å²) in [5.74, 6) is 1.61. The molecule has 1 aliphatic rings. The second-order valence-corrected chi connectivity index (χ2v) is 9.42. The fraction of sp³-hybridized carbons (Fsp3) is 0.250. The SMILES string of the molecule is Cc1ccc(Oc2ccc(NC(=O)CCNS(=O)(=O)c3ccc4c(c3)OCCCO4)cn2)cc1. The predicted octanol–water partition coefficient (Wildman–Crippen LogP) is 3.65. The van der Waals surface area contributed by atoms with E-state index in [0.717, 1.165) is 12.0 Å². The number of nitrogens with zero attached hydrogens (tertiary/aromatic N) is 1. The maximum atomic E-state index is 12.6. The highest BCUT2D eigenvalue weighted by atomic mass is 32.2. The van der Waals surface area contributed by atoms with Crippen LogP contribution >= 0.6 is 0 Å². The molecular weight excluding hydrogens is 458 g/mol. The summed E-state index contributed by atoms with van der Waals surface area (Å²) >= 11 is 0. The van der Waals surface area contributed by atoms with E-state index >= 15 is 0 Å². The quantitative estimate of drug-likeness (QED) is 0.502. The second kappa shape index (κ2) is 10.5. The summed E-state index contributed by atoms with van der Waals surface area (Å²) in [6.07, 6.45) is 2.15. The molecule has 0 unspecified atom stereocenters. The van der Waals surface area contributed by atoms with Crippen LogP contribution in [-0.2, 0) is 14.8 Å². The van der Waals surface area contributed by atoms with Crippen molar-refractivity contribution in [3.8, 4) is 23.1 Å². The van der Waals surface area contributed by atoms with Crippen molar-refractivity contribution in [2.45, 2.75) is 24.7 Å². The maximum Gasteiger partial charge on any atom is 0.240 e. The van der Waals surface area contributed by atoms with Crippen LogP contribution in [-0.4, -0.2) is 39.1 Å². The van der Waals surface area contributed by atoms with Gasteiger partial charge in [0.2, 0.25) is 21.8 Å². The number of pyridine rings is 1. The van der Waals surface area contributed by atoms with Gasteiger partial charge in [-0.05, 0) is 37.3 Å². The minimum absolute atomic E-state index is 0.0468. The number of fused-ring (bicyclic) bond motifs is 1. The van der Waals surface area contributed by atoms with Gasteiger partial charge in [0.05, 0.1) is 30.0 Å². The molecule has 1 aliphatic heterocycles. The number of sulfonamides is 1. The van der Waals surface area contributed by atoms with E-state index in [1.54, 1.807) is 18.2 Å². The molecule has 0 aliphatic carbocycles. The summed E-state index contributed by atoms with van der Waals surface area (Å²) in [5, 5.41) is 2.69. The number of ether oxygens (including phenoxy) is 3. The van der Waals surface area contributed by atoms with E-state index in [2.05, 4.69) is 15.0 Å². The highest BCUT2D eigenvalue weighted by Gasteiger charge is 2.19. The molecule has 9 nitrogen and oxygen atoms in total. The minimum Gasteiger partial charge on any atom is -0.490 e. The normalized spacial score (nSPS) is 13.1. The number of hydrogen-bond donors (Lipinski definition) is 2. The van der Waals surface area contributed by atoms with E-state index in [9.17, 15) is 13.2 Å².